The molecule has 0 spiro atoms. The first-order valence-corrected chi connectivity index (χ1v) is 4.26. The number of benzene rings is 1. The molecule has 2 N–H and O–H groups in total. The molecule has 0 aliphatic heterocycles. The molecular formula is C10H13NO3. The zero-order chi connectivity index (χ0) is 10.6. The number of carboxylic acids is 1. The van der Waals surface area contributed by atoms with E-state index in [9.17, 15) is 9.90 Å². The van der Waals surface area contributed by atoms with Gasteiger partial charge < -0.3 is 10.2 Å². The largest absolute Gasteiger partial charge is 0.508 e. The topological polar surface area (TPSA) is 60.8 Å². The first-order valence-electron chi connectivity index (χ1n) is 4.26. The molecular weight excluding hydrogens is 182 g/mol. The van der Waals surface area contributed by atoms with E-state index in [2.05, 4.69) is 0 Å². The highest BCUT2D eigenvalue weighted by Gasteiger charge is 2.04. The summed E-state index contributed by atoms with van der Waals surface area (Å²) < 4.78 is 0. The van der Waals surface area contributed by atoms with Crippen molar-refractivity contribution in [3.63, 3.8) is 0 Å². The van der Waals surface area contributed by atoms with E-state index < -0.39 is 5.97 Å². The molecule has 0 heterocycles. The Balaban J connectivity index is 2.55. The fraction of sp³-hybridized carbons (Fsp3) is 0.300. The molecule has 0 saturated heterocycles. The smallest absolute Gasteiger partial charge is 0.317 e. The van der Waals surface area contributed by atoms with Crippen LogP contribution in [0.3, 0.4) is 0 Å². The maximum atomic E-state index is 10.4. The van der Waals surface area contributed by atoms with Gasteiger partial charge in [-0.15, -0.1) is 0 Å². The Morgan fingerprint density at radius 1 is 1.50 bits per heavy atom. The Morgan fingerprint density at radius 3 is 2.79 bits per heavy atom. The van der Waals surface area contributed by atoms with Crippen LogP contribution < -0.4 is 0 Å². The minimum absolute atomic E-state index is 0.00431. The van der Waals surface area contributed by atoms with Crippen LogP contribution in [-0.4, -0.2) is 34.7 Å². The molecule has 0 amide bonds. The normalized spacial score (nSPS) is 10.4. The lowest BCUT2D eigenvalue weighted by Gasteiger charge is -2.13. The molecule has 76 valence electrons. The van der Waals surface area contributed by atoms with Gasteiger partial charge in [-0.1, -0.05) is 12.1 Å². The van der Waals surface area contributed by atoms with Crippen molar-refractivity contribution in [2.24, 2.45) is 0 Å². The third kappa shape index (κ3) is 3.45. The molecule has 0 radical (unpaired) electrons. The fourth-order valence-corrected chi connectivity index (χ4v) is 1.25. The van der Waals surface area contributed by atoms with Gasteiger partial charge in [-0.25, -0.2) is 0 Å². The van der Waals surface area contributed by atoms with Crippen molar-refractivity contribution < 1.29 is 15.0 Å². The summed E-state index contributed by atoms with van der Waals surface area (Å²) in [6, 6.07) is 6.79. The molecule has 1 aromatic carbocycles. The molecule has 0 aromatic heterocycles. The SMILES string of the molecule is CN(CC(=O)O)Cc1cccc(O)c1. The van der Waals surface area contributed by atoms with Crippen LogP contribution in [0.15, 0.2) is 24.3 Å². The van der Waals surface area contributed by atoms with Gasteiger partial charge >= 0.3 is 5.97 Å². The summed E-state index contributed by atoms with van der Waals surface area (Å²) in [5.74, 6) is -0.654. The predicted molar refractivity (Wildman–Crippen MR) is 52.1 cm³/mol. The first-order chi connectivity index (χ1) is 6.58. The van der Waals surface area contributed by atoms with Gasteiger partial charge in [0.25, 0.3) is 0 Å². The molecule has 4 heteroatoms. The first kappa shape index (κ1) is 10.5. The van der Waals surface area contributed by atoms with Gasteiger partial charge in [0, 0.05) is 6.54 Å². The lowest BCUT2D eigenvalue weighted by molar-refractivity contribution is -0.138. The fourth-order valence-electron chi connectivity index (χ4n) is 1.25. The van der Waals surface area contributed by atoms with Gasteiger partial charge in [0.1, 0.15) is 5.75 Å². The second-order valence-corrected chi connectivity index (χ2v) is 3.24. The van der Waals surface area contributed by atoms with Crippen LogP contribution in [0.25, 0.3) is 0 Å². The quantitative estimate of drug-likeness (QED) is 0.749. The van der Waals surface area contributed by atoms with Crippen LogP contribution >= 0.6 is 0 Å². The van der Waals surface area contributed by atoms with E-state index in [1.807, 2.05) is 6.07 Å². The van der Waals surface area contributed by atoms with E-state index in [1.54, 1.807) is 30.1 Å². The number of phenolic OH excluding ortho intramolecular Hbond substituents is 1. The number of likely N-dealkylation sites (N-methyl/N-ethyl adjacent to an activating group) is 1. The van der Waals surface area contributed by atoms with Crippen LogP contribution in [0, 0.1) is 0 Å². The highest BCUT2D eigenvalue weighted by atomic mass is 16.4. The summed E-state index contributed by atoms with van der Waals surface area (Å²) in [6.07, 6.45) is 0. The lowest BCUT2D eigenvalue weighted by Crippen LogP contribution is -2.24. The van der Waals surface area contributed by atoms with Gasteiger partial charge in [-0.3, -0.25) is 9.69 Å². The Bertz CT molecular complexity index is 325. The van der Waals surface area contributed by atoms with E-state index >= 15 is 0 Å². The number of aromatic hydroxyl groups is 1. The van der Waals surface area contributed by atoms with Crippen LogP contribution in [-0.2, 0) is 11.3 Å². The average molecular weight is 195 g/mol. The van der Waals surface area contributed by atoms with E-state index in [0.29, 0.717) is 6.54 Å². The van der Waals surface area contributed by atoms with Gasteiger partial charge in [0.15, 0.2) is 0 Å². The van der Waals surface area contributed by atoms with E-state index in [0.717, 1.165) is 5.56 Å². The summed E-state index contributed by atoms with van der Waals surface area (Å²) >= 11 is 0. The number of aliphatic carboxylic acids is 1. The Kier molecular flexibility index (Phi) is 3.48. The molecule has 0 aliphatic rings. The van der Waals surface area contributed by atoms with Gasteiger partial charge in [-0.2, -0.15) is 0 Å². The number of carboxylic acid groups (broad SMARTS) is 1. The van der Waals surface area contributed by atoms with E-state index in [1.165, 1.54) is 0 Å². The van der Waals surface area contributed by atoms with Crippen molar-refractivity contribution in [1.29, 1.82) is 0 Å². The molecule has 0 saturated carbocycles. The number of hydrogen-bond donors (Lipinski definition) is 2. The molecule has 0 unspecified atom stereocenters. The monoisotopic (exact) mass is 195 g/mol. The predicted octanol–water partition coefficient (Wildman–Crippen LogP) is 0.909. The van der Waals surface area contributed by atoms with Crippen molar-refractivity contribution in [2.45, 2.75) is 6.54 Å². The molecule has 1 aromatic rings. The van der Waals surface area contributed by atoms with Crippen molar-refractivity contribution in [2.75, 3.05) is 13.6 Å². The van der Waals surface area contributed by atoms with Crippen molar-refractivity contribution in [1.82, 2.24) is 4.90 Å². The highest BCUT2D eigenvalue weighted by molar-refractivity contribution is 5.69. The van der Waals surface area contributed by atoms with Crippen molar-refractivity contribution >= 4 is 5.97 Å². The van der Waals surface area contributed by atoms with Gasteiger partial charge in [0.05, 0.1) is 6.54 Å². The second kappa shape index (κ2) is 4.62. The number of nitrogens with zero attached hydrogens (tertiary/aromatic N) is 1. The zero-order valence-electron chi connectivity index (χ0n) is 7.97. The summed E-state index contributed by atoms with van der Waals surface area (Å²) in [7, 11) is 1.72. The van der Waals surface area contributed by atoms with E-state index in [4.69, 9.17) is 5.11 Å². The Morgan fingerprint density at radius 2 is 2.21 bits per heavy atom. The molecule has 0 atom stereocenters. The third-order valence-corrected chi connectivity index (χ3v) is 1.77. The second-order valence-electron chi connectivity index (χ2n) is 3.24. The molecule has 0 aliphatic carbocycles. The summed E-state index contributed by atoms with van der Waals surface area (Å²) in [6.45, 7) is 0.510. The average Bonchev–Trinajstić information content (AvgIpc) is 2.01. The standard InChI is InChI=1S/C10H13NO3/c1-11(7-10(13)14)6-8-3-2-4-9(12)5-8/h2-5,12H,6-7H2,1H3,(H,13,14). The molecule has 0 bridgehead atoms. The maximum Gasteiger partial charge on any atom is 0.317 e. The third-order valence-electron chi connectivity index (χ3n) is 1.77. The summed E-state index contributed by atoms with van der Waals surface area (Å²) in [5.41, 5.74) is 0.897. The Hall–Kier alpha value is -1.55. The minimum atomic E-state index is -0.854. The molecule has 1 rings (SSSR count). The minimum Gasteiger partial charge on any atom is -0.508 e. The maximum absolute atomic E-state index is 10.4. The molecule has 4 nitrogen and oxygen atoms in total. The summed E-state index contributed by atoms with van der Waals surface area (Å²) in [5, 5.41) is 17.7. The lowest BCUT2D eigenvalue weighted by atomic mass is 10.2. The molecule has 14 heavy (non-hydrogen) atoms. The Labute approximate surface area is 82.4 Å². The van der Waals surface area contributed by atoms with Crippen LogP contribution in [0.5, 0.6) is 5.75 Å². The number of phenols is 1. The van der Waals surface area contributed by atoms with Crippen molar-refractivity contribution in [3.05, 3.63) is 29.8 Å². The zero-order valence-corrected chi connectivity index (χ0v) is 7.97. The number of carbonyl (C=O) groups is 1. The van der Waals surface area contributed by atoms with E-state index in [-0.39, 0.29) is 12.3 Å². The summed E-state index contributed by atoms with van der Waals surface area (Å²) in [4.78, 5) is 12.0. The van der Waals surface area contributed by atoms with Crippen LogP contribution in [0.4, 0.5) is 0 Å². The van der Waals surface area contributed by atoms with Gasteiger partial charge in [-0.05, 0) is 24.7 Å². The highest BCUT2D eigenvalue weighted by Crippen LogP contribution is 2.11. The number of rotatable bonds is 4. The van der Waals surface area contributed by atoms with Crippen molar-refractivity contribution in [3.8, 4) is 5.75 Å². The van der Waals surface area contributed by atoms with Crippen LogP contribution in [0.1, 0.15) is 5.56 Å². The molecule has 0 fully saturated rings. The number of hydrogen-bond acceptors (Lipinski definition) is 3. The van der Waals surface area contributed by atoms with Gasteiger partial charge in [0.2, 0.25) is 0 Å². The van der Waals surface area contributed by atoms with Crippen LogP contribution in [0.2, 0.25) is 0 Å².